The van der Waals surface area contributed by atoms with Gasteiger partial charge in [0.25, 0.3) is 0 Å². The Bertz CT molecular complexity index is 834. The van der Waals surface area contributed by atoms with E-state index in [2.05, 4.69) is 35.5 Å². The minimum absolute atomic E-state index is 0.163. The van der Waals surface area contributed by atoms with Gasteiger partial charge in [0.1, 0.15) is 5.82 Å². The molecule has 0 saturated carbocycles. The number of hydrogen-bond acceptors (Lipinski definition) is 7. The first-order chi connectivity index (χ1) is 11.5. The monoisotopic (exact) mass is 329 g/mol. The SMILES string of the molecule is Cc1cc(Nc2nc(O[C@@H](C)c3ncc(F)cn3)ncc2C)n[nH]1. The zero-order chi connectivity index (χ0) is 17.1. The van der Waals surface area contributed by atoms with E-state index in [9.17, 15) is 4.39 Å². The fourth-order valence-electron chi connectivity index (χ4n) is 1.96. The molecule has 0 spiro atoms. The number of H-pyrrole nitrogens is 1. The first-order valence-corrected chi connectivity index (χ1v) is 7.28. The van der Waals surface area contributed by atoms with Gasteiger partial charge in [-0.2, -0.15) is 10.1 Å². The first-order valence-electron chi connectivity index (χ1n) is 7.28. The minimum atomic E-state index is -0.520. The Morgan fingerprint density at radius 1 is 1.17 bits per heavy atom. The maximum atomic E-state index is 12.9. The van der Waals surface area contributed by atoms with Crippen molar-refractivity contribution in [1.82, 2.24) is 30.1 Å². The zero-order valence-electron chi connectivity index (χ0n) is 13.4. The molecule has 3 heterocycles. The van der Waals surface area contributed by atoms with Crippen molar-refractivity contribution in [1.29, 1.82) is 0 Å². The molecule has 0 saturated heterocycles. The molecule has 0 amide bonds. The zero-order valence-corrected chi connectivity index (χ0v) is 13.4. The van der Waals surface area contributed by atoms with Crippen molar-refractivity contribution in [2.45, 2.75) is 26.9 Å². The van der Waals surface area contributed by atoms with Crippen molar-refractivity contribution in [3.63, 3.8) is 0 Å². The molecule has 0 radical (unpaired) electrons. The van der Waals surface area contributed by atoms with Gasteiger partial charge in [-0.1, -0.05) is 0 Å². The maximum absolute atomic E-state index is 12.9. The number of nitrogens with one attached hydrogen (secondary N) is 2. The third kappa shape index (κ3) is 3.62. The number of hydrogen-bond donors (Lipinski definition) is 2. The Labute approximate surface area is 137 Å². The highest BCUT2D eigenvalue weighted by Gasteiger charge is 2.14. The quantitative estimate of drug-likeness (QED) is 0.742. The second-order valence-electron chi connectivity index (χ2n) is 5.26. The fourth-order valence-corrected chi connectivity index (χ4v) is 1.96. The van der Waals surface area contributed by atoms with E-state index in [1.807, 2.05) is 19.9 Å². The van der Waals surface area contributed by atoms with Gasteiger partial charge in [-0.05, 0) is 20.8 Å². The number of aryl methyl sites for hydroxylation is 2. The number of ether oxygens (including phenoxy) is 1. The highest BCUT2D eigenvalue weighted by molar-refractivity contribution is 5.55. The van der Waals surface area contributed by atoms with Crippen LogP contribution in [0.5, 0.6) is 6.01 Å². The van der Waals surface area contributed by atoms with Gasteiger partial charge >= 0.3 is 6.01 Å². The maximum Gasteiger partial charge on any atom is 0.319 e. The number of halogens is 1. The van der Waals surface area contributed by atoms with Gasteiger partial charge in [-0.3, -0.25) is 5.10 Å². The summed E-state index contributed by atoms with van der Waals surface area (Å²) in [6, 6.07) is 2.02. The Morgan fingerprint density at radius 2 is 1.92 bits per heavy atom. The van der Waals surface area contributed by atoms with Crippen molar-refractivity contribution in [2.24, 2.45) is 0 Å². The topological polar surface area (TPSA) is 102 Å². The highest BCUT2D eigenvalue weighted by Crippen LogP contribution is 2.21. The molecular formula is C15H16FN7O. The molecule has 3 aromatic rings. The Balaban J connectivity index is 1.76. The Kier molecular flexibility index (Phi) is 4.32. The molecule has 9 heteroatoms. The van der Waals surface area contributed by atoms with Gasteiger partial charge in [0, 0.05) is 23.5 Å². The van der Waals surface area contributed by atoms with Crippen molar-refractivity contribution >= 4 is 11.6 Å². The van der Waals surface area contributed by atoms with Gasteiger partial charge < -0.3 is 10.1 Å². The summed E-state index contributed by atoms with van der Waals surface area (Å²) in [7, 11) is 0. The molecule has 3 rings (SSSR count). The molecule has 0 bridgehead atoms. The number of aromatic amines is 1. The van der Waals surface area contributed by atoms with Gasteiger partial charge in [-0.15, -0.1) is 0 Å². The van der Waals surface area contributed by atoms with E-state index in [-0.39, 0.29) is 6.01 Å². The van der Waals surface area contributed by atoms with E-state index in [4.69, 9.17) is 4.74 Å². The molecule has 8 nitrogen and oxygen atoms in total. The largest absolute Gasteiger partial charge is 0.452 e. The van der Waals surface area contributed by atoms with E-state index >= 15 is 0 Å². The summed E-state index contributed by atoms with van der Waals surface area (Å²) >= 11 is 0. The van der Waals surface area contributed by atoms with Crippen LogP contribution in [0.25, 0.3) is 0 Å². The van der Waals surface area contributed by atoms with Crippen molar-refractivity contribution in [3.8, 4) is 6.01 Å². The van der Waals surface area contributed by atoms with Crippen molar-refractivity contribution in [2.75, 3.05) is 5.32 Å². The van der Waals surface area contributed by atoms with Gasteiger partial charge in [0.2, 0.25) is 0 Å². The number of anilines is 2. The average molecular weight is 329 g/mol. The molecule has 0 aliphatic rings. The summed E-state index contributed by atoms with van der Waals surface area (Å²) in [5.74, 6) is 1.07. The molecule has 24 heavy (non-hydrogen) atoms. The smallest absolute Gasteiger partial charge is 0.319 e. The first kappa shape index (κ1) is 15.8. The van der Waals surface area contributed by atoms with Gasteiger partial charge in [0.15, 0.2) is 23.6 Å². The van der Waals surface area contributed by atoms with Crippen LogP contribution in [0, 0.1) is 19.7 Å². The molecule has 0 aliphatic carbocycles. The third-order valence-electron chi connectivity index (χ3n) is 3.19. The van der Waals surface area contributed by atoms with E-state index in [0.29, 0.717) is 17.5 Å². The standard InChI is InChI=1S/C15H16FN7O/c1-8-5-19-15(21-13(8)20-12-4-9(2)22-23-12)24-10(3)14-17-6-11(16)7-18-14/h4-7,10H,1-3H3,(H2,19,20,21,22,23)/t10-/m0/s1. The number of nitrogens with zero attached hydrogens (tertiary/aromatic N) is 5. The van der Waals surface area contributed by atoms with Crippen LogP contribution in [-0.4, -0.2) is 30.1 Å². The number of rotatable bonds is 5. The average Bonchev–Trinajstić information content (AvgIpc) is 2.96. The minimum Gasteiger partial charge on any atom is -0.452 e. The molecule has 0 unspecified atom stereocenters. The van der Waals surface area contributed by atoms with Gasteiger partial charge in [-0.25, -0.2) is 19.3 Å². The summed E-state index contributed by atoms with van der Waals surface area (Å²) in [5, 5.41) is 10.1. The lowest BCUT2D eigenvalue weighted by Crippen LogP contribution is -2.10. The summed E-state index contributed by atoms with van der Waals surface area (Å²) in [4.78, 5) is 16.2. The predicted octanol–water partition coefficient (Wildman–Crippen LogP) is 2.63. The van der Waals surface area contributed by atoms with Crippen LogP contribution in [0.2, 0.25) is 0 Å². The van der Waals surface area contributed by atoms with E-state index < -0.39 is 11.9 Å². The summed E-state index contributed by atoms with van der Waals surface area (Å²) < 4.78 is 18.5. The second-order valence-corrected chi connectivity index (χ2v) is 5.26. The van der Waals surface area contributed by atoms with E-state index in [0.717, 1.165) is 23.7 Å². The molecule has 0 aromatic carbocycles. The van der Waals surface area contributed by atoms with Crippen LogP contribution in [-0.2, 0) is 0 Å². The van der Waals surface area contributed by atoms with Crippen LogP contribution in [0.4, 0.5) is 16.0 Å². The molecule has 0 fully saturated rings. The van der Waals surface area contributed by atoms with Crippen LogP contribution < -0.4 is 10.1 Å². The van der Waals surface area contributed by atoms with Crippen LogP contribution >= 0.6 is 0 Å². The molecule has 124 valence electrons. The van der Waals surface area contributed by atoms with Crippen molar-refractivity contribution < 1.29 is 9.13 Å². The molecule has 0 aliphatic heterocycles. The molecule has 3 aromatic heterocycles. The fraction of sp³-hybridized carbons (Fsp3) is 0.267. The Morgan fingerprint density at radius 3 is 2.58 bits per heavy atom. The lowest BCUT2D eigenvalue weighted by atomic mass is 10.3. The Hall–Kier alpha value is -3.10. The highest BCUT2D eigenvalue weighted by atomic mass is 19.1. The van der Waals surface area contributed by atoms with Crippen LogP contribution in [0.1, 0.15) is 30.1 Å². The van der Waals surface area contributed by atoms with Crippen molar-refractivity contribution in [3.05, 3.63) is 47.6 Å². The molecule has 1 atom stereocenters. The van der Waals surface area contributed by atoms with Crippen LogP contribution in [0.15, 0.2) is 24.7 Å². The third-order valence-corrected chi connectivity index (χ3v) is 3.19. The summed E-state index contributed by atoms with van der Waals surface area (Å²) in [6.45, 7) is 5.52. The molecular weight excluding hydrogens is 313 g/mol. The van der Waals surface area contributed by atoms with E-state index in [1.54, 1.807) is 13.1 Å². The van der Waals surface area contributed by atoms with Gasteiger partial charge in [0.05, 0.1) is 12.4 Å². The lowest BCUT2D eigenvalue weighted by Gasteiger charge is -2.13. The number of aromatic nitrogens is 6. The normalized spacial score (nSPS) is 12.0. The summed E-state index contributed by atoms with van der Waals surface area (Å²) in [5.41, 5.74) is 1.77. The summed E-state index contributed by atoms with van der Waals surface area (Å²) in [6.07, 6.45) is 3.30. The lowest BCUT2D eigenvalue weighted by molar-refractivity contribution is 0.197. The van der Waals surface area contributed by atoms with Crippen LogP contribution in [0.3, 0.4) is 0 Å². The predicted molar refractivity (Wildman–Crippen MR) is 84.4 cm³/mol. The van der Waals surface area contributed by atoms with E-state index in [1.165, 1.54) is 0 Å². The second kappa shape index (κ2) is 6.57. The molecule has 2 N–H and O–H groups in total.